The molecule has 120 valence electrons. The third-order valence-electron chi connectivity index (χ3n) is 4.12. The van der Waals surface area contributed by atoms with Gasteiger partial charge in [0, 0.05) is 6.04 Å². The number of benzene rings is 2. The Bertz CT molecular complexity index is 579. The fourth-order valence-corrected chi connectivity index (χ4v) is 2.80. The van der Waals surface area contributed by atoms with Gasteiger partial charge in [0.2, 0.25) is 0 Å². The van der Waals surface area contributed by atoms with Crippen LogP contribution in [0.2, 0.25) is 0 Å². The van der Waals surface area contributed by atoms with Crippen LogP contribution < -0.4 is 5.73 Å². The summed E-state index contributed by atoms with van der Waals surface area (Å²) in [6.07, 6.45) is 0. The van der Waals surface area contributed by atoms with Crippen molar-refractivity contribution in [3.63, 3.8) is 0 Å². The van der Waals surface area contributed by atoms with Crippen LogP contribution in [0.4, 0.5) is 0 Å². The van der Waals surface area contributed by atoms with Gasteiger partial charge in [-0.15, -0.1) is 12.4 Å². The van der Waals surface area contributed by atoms with Gasteiger partial charge in [-0.3, -0.25) is 0 Å². The Morgan fingerprint density at radius 3 is 1.64 bits per heavy atom. The van der Waals surface area contributed by atoms with Crippen LogP contribution in [0.5, 0.6) is 0 Å². The molecule has 3 N–H and O–H groups in total. The summed E-state index contributed by atoms with van der Waals surface area (Å²) in [5, 5.41) is 11.5. The maximum atomic E-state index is 11.5. The maximum Gasteiger partial charge on any atom is 0.130 e. The minimum absolute atomic E-state index is 0. The van der Waals surface area contributed by atoms with E-state index in [9.17, 15) is 5.11 Å². The standard InChI is InChI=1S/C19H25NO.ClH/c1-13(2)18(20)19(21,16-9-5-7-14(3)11-16)17-10-6-8-15(4)12-17;/h5-13,18,21H,20H2,1-4H3;1H/t18-;/m0./s1. The zero-order chi connectivity index (χ0) is 15.6. The largest absolute Gasteiger partial charge is 0.379 e. The highest BCUT2D eigenvalue weighted by Crippen LogP contribution is 2.35. The second-order valence-corrected chi connectivity index (χ2v) is 6.28. The van der Waals surface area contributed by atoms with Gasteiger partial charge in [0.25, 0.3) is 0 Å². The quantitative estimate of drug-likeness (QED) is 0.896. The van der Waals surface area contributed by atoms with E-state index < -0.39 is 5.60 Å². The molecule has 0 aliphatic rings. The molecule has 0 radical (unpaired) electrons. The Labute approximate surface area is 139 Å². The number of halogens is 1. The van der Waals surface area contributed by atoms with Gasteiger partial charge in [0.05, 0.1) is 0 Å². The normalized spacial score (nSPS) is 12.9. The fraction of sp³-hybridized carbons (Fsp3) is 0.368. The summed E-state index contributed by atoms with van der Waals surface area (Å²) in [5.41, 5.74) is 9.19. The molecule has 3 heteroatoms. The molecule has 0 amide bonds. The SMILES string of the molecule is Cc1cccc(C(O)(c2cccc(C)c2)[C@@H](N)C(C)C)c1.Cl. The molecule has 0 unspecified atom stereocenters. The van der Waals surface area contributed by atoms with Gasteiger partial charge in [-0.1, -0.05) is 73.5 Å². The molecule has 0 saturated carbocycles. The van der Waals surface area contributed by atoms with Crippen LogP contribution in [0, 0.1) is 19.8 Å². The summed E-state index contributed by atoms with van der Waals surface area (Å²) in [6, 6.07) is 15.6. The first-order chi connectivity index (χ1) is 9.85. The molecular formula is C19H26ClNO. The van der Waals surface area contributed by atoms with Crippen LogP contribution in [0.3, 0.4) is 0 Å². The smallest absolute Gasteiger partial charge is 0.130 e. The van der Waals surface area contributed by atoms with Gasteiger partial charge in [-0.2, -0.15) is 0 Å². The summed E-state index contributed by atoms with van der Waals surface area (Å²) in [7, 11) is 0. The van der Waals surface area contributed by atoms with Gasteiger partial charge < -0.3 is 10.8 Å². The first-order valence-electron chi connectivity index (χ1n) is 7.48. The zero-order valence-electron chi connectivity index (χ0n) is 13.7. The molecule has 2 nitrogen and oxygen atoms in total. The minimum Gasteiger partial charge on any atom is -0.379 e. The maximum absolute atomic E-state index is 11.5. The van der Waals surface area contributed by atoms with Crippen LogP contribution in [-0.2, 0) is 5.60 Å². The van der Waals surface area contributed by atoms with Crippen LogP contribution >= 0.6 is 12.4 Å². The number of rotatable bonds is 4. The number of aliphatic hydroxyl groups is 1. The van der Waals surface area contributed by atoms with Crippen molar-refractivity contribution in [1.82, 2.24) is 0 Å². The average molecular weight is 320 g/mol. The van der Waals surface area contributed by atoms with Crippen molar-refractivity contribution in [1.29, 1.82) is 0 Å². The van der Waals surface area contributed by atoms with E-state index in [0.29, 0.717) is 0 Å². The number of hydrogen-bond acceptors (Lipinski definition) is 2. The van der Waals surface area contributed by atoms with E-state index in [1.54, 1.807) is 0 Å². The molecule has 2 rings (SSSR count). The predicted molar refractivity (Wildman–Crippen MR) is 95.4 cm³/mol. The van der Waals surface area contributed by atoms with Crippen molar-refractivity contribution < 1.29 is 5.11 Å². The summed E-state index contributed by atoms with van der Waals surface area (Å²) in [6.45, 7) is 8.14. The second kappa shape index (κ2) is 7.28. The van der Waals surface area contributed by atoms with E-state index in [1.165, 1.54) is 0 Å². The van der Waals surface area contributed by atoms with Gasteiger partial charge in [-0.25, -0.2) is 0 Å². The number of aryl methyl sites for hydroxylation is 2. The van der Waals surface area contributed by atoms with Crippen molar-refractivity contribution in [2.24, 2.45) is 11.7 Å². The van der Waals surface area contributed by atoms with Crippen molar-refractivity contribution in [3.8, 4) is 0 Å². The Hall–Kier alpha value is -1.35. The van der Waals surface area contributed by atoms with Crippen LogP contribution in [-0.4, -0.2) is 11.1 Å². The third-order valence-corrected chi connectivity index (χ3v) is 4.12. The Balaban J connectivity index is 0.00000242. The molecule has 0 aliphatic heterocycles. The van der Waals surface area contributed by atoms with E-state index in [4.69, 9.17) is 5.73 Å². The van der Waals surface area contributed by atoms with Crippen molar-refractivity contribution in [2.75, 3.05) is 0 Å². The van der Waals surface area contributed by atoms with Crippen LogP contribution in [0.1, 0.15) is 36.1 Å². The van der Waals surface area contributed by atoms with Gasteiger partial charge in [-0.05, 0) is 30.9 Å². The van der Waals surface area contributed by atoms with Crippen LogP contribution in [0.15, 0.2) is 48.5 Å². The predicted octanol–water partition coefficient (Wildman–Crippen LogP) is 3.94. The summed E-state index contributed by atoms with van der Waals surface area (Å²) >= 11 is 0. The molecule has 2 aromatic rings. The van der Waals surface area contributed by atoms with Crippen molar-refractivity contribution >= 4 is 12.4 Å². The molecule has 0 aromatic heterocycles. The molecule has 0 spiro atoms. The lowest BCUT2D eigenvalue weighted by molar-refractivity contribution is 0.0352. The summed E-state index contributed by atoms with van der Waals surface area (Å²) in [5.74, 6) is 0.163. The van der Waals surface area contributed by atoms with E-state index in [1.807, 2.05) is 76.2 Å². The van der Waals surface area contributed by atoms with Gasteiger partial charge in [0.15, 0.2) is 0 Å². The first-order valence-corrected chi connectivity index (χ1v) is 7.48. The molecule has 0 fully saturated rings. The average Bonchev–Trinajstić information content (AvgIpc) is 2.45. The summed E-state index contributed by atoms with van der Waals surface area (Å²) in [4.78, 5) is 0. The van der Waals surface area contributed by atoms with Crippen LogP contribution in [0.25, 0.3) is 0 Å². The molecular weight excluding hydrogens is 294 g/mol. The topological polar surface area (TPSA) is 46.2 Å². The molecule has 0 bridgehead atoms. The van der Waals surface area contributed by atoms with Gasteiger partial charge >= 0.3 is 0 Å². The highest BCUT2D eigenvalue weighted by atomic mass is 35.5. The van der Waals surface area contributed by atoms with E-state index in [-0.39, 0.29) is 24.4 Å². The lowest BCUT2D eigenvalue weighted by atomic mass is 9.76. The Kier molecular flexibility index (Phi) is 6.18. The molecule has 2 aromatic carbocycles. The van der Waals surface area contributed by atoms with E-state index >= 15 is 0 Å². The highest BCUT2D eigenvalue weighted by molar-refractivity contribution is 5.85. The lowest BCUT2D eigenvalue weighted by Crippen LogP contribution is -2.49. The van der Waals surface area contributed by atoms with Crippen molar-refractivity contribution in [2.45, 2.75) is 39.3 Å². The summed E-state index contributed by atoms with van der Waals surface area (Å²) < 4.78 is 0. The monoisotopic (exact) mass is 319 g/mol. The van der Waals surface area contributed by atoms with E-state index in [0.717, 1.165) is 22.3 Å². The van der Waals surface area contributed by atoms with Crippen molar-refractivity contribution in [3.05, 3.63) is 70.8 Å². The fourth-order valence-electron chi connectivity index (χ4n) is 2.80. The molecule has 0 saturated heterocycles. The minimum atomic E-state index is -1.17. The molecule has 0 heterocycles. The number of nitrogens with two attached hydrogens (primary N) is 1. The number of hydrogen-bond donors (Lipinski definition) is 2. The third kappa shape index (κ3) is 3.52. The highest BCUT2D eigenvalue weighted by Gasteiger charge is 2.39. The Morgan fingerprint density at radius 2 is 1.32 bits per heavy atom. The lowest BCUT2D eigenvalue weighted by Gasteiger charge is -2.37. The molecule has 1 atom stereocenters. The van der Waals surface area contributed by atoms with E-state index in [2.05, 4.69) is 0 Å². The Morgan fingerprint density at radius 1 is 0.909 bits per heavy atom. The second-order valence-electron chi connectivity index (χ2n) is 6.28. The first kappa shape index (κ1) is 18.7. The van der Waals surface area contributed by atoms with Gasteiger partial charge in [0.1, 0.15) is 5.60 Å². The molecule has 0 aliphatic carbocycles. The zero-order valence-corrected chi connectivity index (χ0v) is 14.5. The molecule has 22 heavy (non-hydrogen) atoms.